The minimum Gasteiger partial charge on any atom is -0.368 e. The molecule has 2 rings (SSSR count). The van der Waals surface area contributed by atoms with Crippen LogP contribution in [0.2, 0.25) is 0 Å². The van der Waals surface area contributed by atoms with Crippen molar-refractivity contribution in [2.24, 2.45) is 5.92 Å². The number of hydrogen-bond donors (Lipinski definition) is 1. The lowest BCUT2D eigenvalue weighted by atomic mass is 10.1. The zero-order chi connectivity index (χ0) is 13.8. The largest absolute Gasteiger partial charge is 0.368 e. The maximum absolute atomic E-state index is 3.54. The van der Waals surface area contributed by atoms with Gasteiger partial charge in [0, 0.05) is 24.8 Å². The Morgan fingerprint density at radius 3 is 2.74 bits per heavy atom. The van der Waals surface area contributed by atoms with E-state index in [1.165, 1.54) is 36.2 Å². The second kappa shape index (κ2) is 6.42. The van der Waals surface area contributed by atoms with E-state index in [0.717, 1.165) is 19.0 Å². The number of nitrogens with zero attached hydrogens (tertiary/aromatic N) is 1. The third-order valence-corrected chi connectivity index (χ3v) is 4.07. The van der Waals surface area contributed by atoms with E-state index in [4.69, 9.17) is 0 Å². The molecule has 2 nitrogen and oxygen atoms in total. The van der Waals surface area contributed by atoms with Crippen molar-refractivity contribution < 1.29 is 0 Å². The Labute approximate surface area is 118 Å². The molecule has 1 aliphatic rings. The number of aryl methyl sites for hydroxylation is 1. The van der Waals surface area contributed by atoms with Gasteiger partial charge in [0.05, 0.1) is 0 Å². The molecule has 0 saturated carbocycles. The molecule has 2 heteroatoms. The summed E-state index contributed by atoms with van der Waals surface area (Å²) < 4.78 is 0. The van der Waals surface area contributed by atoms with Crippen molar-refractivity contribution in [1.82, 2.24) is 5.32 Å². The fourth-order valence-corrected chi connectivity index (χ4v) is 3.17. The highest BCUT2D eigenvalue weighted by molar-refractivity contribution is 5.56. The Kier molecular flexibility index (Phi) is 4.87. The van der Waals surface area contributed by atoms with Gasteiger partial charge in [0.2, 0.25) is 0 Å². The van der Waals surface area contributed by atoms with E-state index in [9.17, 15) is 0 Å². The topological polar surface area (TPSA) is 15.3 Å². The third-order valence-electron chi connectivity index (χ3n) is 4.07. The second-order valence-electron chi connectivity index (χ2n) is 6.15. The fraction of sp³-hybridized carbons (Fsp3) is 0.647. The molecule has 1 aromatic rings. The van der Waals surface area contributed by atoms with Crippen LogP contribution in [0.5, 0.6) is 0 Å². The van der Waals surface area contributed by atoms with Gasteiger partial charge in [-0.1, -0.05) is 31.5 Å². The summed E-state index contributed by atoms with van der Waals surface area (Å²) in [5.41, 5.74) is 4.25. The summed E-state index contributed by atoms with van der Waals surface area (Å²) >= 11 is 0. The Bertz CT molecular complexity index is 414. The lowest BCUT2D eigenvalue weighted by Crippen LogP contribution is -2.28. The molecule has 2 atom stereocenters. The Morgan fingerprint density at radius 1 is 1.32 bits per heavy atom. The number of rotatable bonds is 5. The molecule has 0 radical (unpaired) electrons. The van der Waals surface area contributed by atoms with Gasteiger partial charge in [0.1, 0.15) is 0 Å². The summed E-state index contributed by atoms with van der Waals surface area (Å²) in [6.45, 7) is 12.4. The first kappa shape index (κ1) is 14.4. The molecular weight excluding hydrogens is 232 g/mol. The van der Waals surface area contributed by atoms with Crippen molar-refractivity contribution in [2.45, 2.75) is 53.1 Å². The molecule has 1 heterocycles. The molecule has 0 spiro atoms. The van der Waals surface area contributed by atoms with E-state index in [2.05, 4.69) is 56.1 Å². The number of hydrogen-bond acceptors (Lipinski definition) is 2. The van der Waals surface area contributed by atoms with Crippen molar-refractivity contribution in [1.29, 1.82) is 0 Å². The first-order valence-corrected chi connectivity index (χ1v) is 7.68. The smallest absolute Gasteiger partial charge is 0.0414 e. The van der Waals surface area contributed by atoms with E-state index in [-0.39, 0.29) is 0 Å². The summed E-state index contributed by atoms with van der Waals surface area (Å²) in [4.78, 5) is 2.59. The molecule has 2 unspecified atom stereocenters. The maximum Gasteiger partial charge on any atom is 0.0414 e. The zero-order valence-corrected chi connectivity index (χ0v) is 12.9. The summed E-state index contributed by atoms with van der Waals surface area (Å²) in [5.74, 6) is 0.813. The van der Waals surface area contributed by atoms with Crippen molar-refractivity contribution in [3.63, 3.8) is 0 Å². The highest BCUT2D eigenvalue weighted by Crippen LogP contribution is 2.31. The van der Waals surface area contributed by atoms with Gasteiger partial charge in [-0.3, -0.25) is 0 Å². The van der Waals surface area contributed by atoms with Crippen molar-refractivity contribution in [3.05, 3.63) is 29.3 Å². The molecule has 1 aliphatic heterocycles. The van der Waals surface area contributed by atoms with Crippen LogP contribution >= 0.6 is 0 Å². The Morgan fingerprint density at radius 2 is 2.11 bits per heavy atom. The Hall–Kier alpha value is -1.02. The first-order chi connectivity index (χ1) is 9.11. The summed E-state index contributed by atoms with van der Waals surface area (Å²) in [6.07, 6.45) is 2.51. The van der Waals surface area contributed by atoms with Gasteiger partial charge in [0.15, 0.2) is 0 Å². The first-order valence-electron chi connectivity index (χ1n) is 7.68. The van der Waals surface area contributed by atoms with Crippen molar-refractivity contribution in [2.75, 3.05) is 18.0 Å². The quantitative estimate of drug-likeness (QED) is 0.812. The van der Waals surface area contributed by atoms with Crippen LogP contribution in [0.25, 0.3) is 0 Å². The standard InChI is InChI=1S/C17H28N2/c1-5-8-18-11-16-10-13(2)6-7-17(16)19-12-14(3)9-15(19)4/h6-7,10,14-15,18H,5,8-9,11-12H2,1-4H3. The van der Waals surface area contributed by atoms with E-state index in [0.29, 0.717) is 6.04 Å². The van der Waals surface area contributed by atoms with Gasteiger partial charge in [0.25, 0.3) is 0 Å². The third kappa shape index (κ3) is 3.50. The normalized spacial score (nSPS) is 23.1. The molecule has 0 amide bonds. The zero-order valence-electron chi connectivity index (χ0n) is 12.9. The molecule has 0 aromatic heterocycles. The predicted octanol–water partition coefficient (Wildman–Crippen LogP) is 3.73. The maximum atomic E-state index is 3.54. The highest BCUT2D eigenvalue weighted by Gasteiger charge is 2.27. The van der Waals surface area contributed by atoms with E-state index in [1.807, 2.05) is 0 Å². The molecule has 1 aromatic carbocycles. The van der Waals surface area contributed by atoms with Crippen molar-refractivity contribution in [3.8, 4) is 0 Å². The van der Waals surface area contributed by atoms with Gasteiger partial charge in [-0.2, -0.15) is 0 Å². The molecule has 106 valence electrons. The van der Waals surface area contributed by atoms with Crippen LogP contribution < -0.4 is 10.2 Å². The molecule has 1 saturated heterocycles. The van der Waals surface area contributed by atoms with Gasteiger partial charge < -0.3 is 10.2 Å². The van der Waals surface area contributed by atoms with Crippen LogP contribution in [0, 0.1) is 12.8 Å². The SMILES string of the molecule is CCCNCc1cc(C)ccc1N1CC(C)CC1C. The number of nitrogens with one attached hydrogen (secondary N) is 1. The van der Waals surface area contributed by atoms with E-state index in [1.54, 1.807) is 0 Å². The average Bonchev–Trinajstić information content (AvgIpc) is 2.69. The Balaban J connectivity index is 2.18. The molecule has 0 bridgehead atoms. The van der Waals surface area contributed by atoms with Crippen LogP contribution in [0.4, 0.5) is 5.69 Å². The molecule has 1 N–H and O–H groups in total. The molecule has 19 heavy (non-hydrogen) atoms. The van der Waals surface area contributed by atoms with Crippen LogP contribution in [0.15, 0.2) is 18.2 Å². The average molecular weight is 260 g/mol. The van der Waals surface area contributed by atoms with Gasteiger partial charge in [-0.15, -0.1) is 0 Å². The van der Waals surface area contributed by atoms with E-state index < -0.39 is 0 Å². The van der Waals surface area contributed by atoms with E-state index >= 15 is 0 Å². The van der Waals surface area contributed by atoms with Gasteiger partial charge in [-0.25, -0.2) is 0 Å². The van der Waals surface area contributed by atoms with Crippen LogP contribution in [-0.2, 0) is 6.54 Å². The van der Waals surface area contributed by atoms with Gasteiger partial charge >= 0.3 is 0 Å². The summed E-state index contributed by atoms with van der Waals surface area (Å²) in [5, 5.41) is 3.54. The van der Waals surface area contributed by atoms with Gasteiger partial charge in [-0.05, 0) is 50.8 Å². The predicted molar refractivity (Wildman–Crippen MR) is 83.8 cm³/mol. The van der Waals surface area contributed by atoms with Crippen molar-refractivity contribution >= 4 is 5.69 Å². The summed E-state index contributed by atoms with van der Waals surface area (Å²) in [6, 6.07) is 7.57. The lowest BCUT2D eigenvalue weighted by Gasteiger charge is -2.27. The molecule has 1 fully saturated rings. The lowest BCUT2D eigenvalue weighted by molar-refractivity contribution is 0.625. The van der Waals surface area contributed by atoms with Crippen LogP contribution in [0.1, 0.15) is 44.7 Å². The minimum absolute atomic E-state index is 0.669. The minimum atomic E-state index is 0.669. The summed E-state index contributed by atoms with van der Waals surface area (Å²) in [7, 11) is 0. The van der Waals surface area contributed by atoms with Crippen LogP contribution in [0.3, 0.4) is 0 Å². The number of anilines is 1. The number of benzene rings is 1. The second-order valence-corrected chi connectivity index (χ2v) is 6.15. The highest BCUT2D eigenvalue weighted by atomic mass is 15.2. The molecular formula is C17H28N2. The van der Waals surface area contributed by atoms with Crippen LogP contribution in [-0.4, -0.2) is 19.1 Å². The molecule has 0 aliphatic carbocycles. The monoisotopic (exact) mass is 260 g/mol. The fourth-order valence-electron chi connectivity index (χ4n) is 3.17.